The Morgan fingerprint density at radius 2 is 2.27 bits per heavy atom. The SMILES string of the molecule is CC1OC(CO)C(N=O)C1O. The van der Waals surface area contributed by atoms with Crippen molar-refractivity contribution >= 4 is 0 Å². The molecule has 64 valence electrons. The number of hydrogen-bond donors (Lipinski definition) is 2. The molecule has 5 heteroatoms. The van der Waals surface area contributed by atoms with E-state index in [-0.39, 0.29) is 6.61 Å². The van der Waals surface area contributed by atoms with Gasteiger partial charge in [0.1, 0.15) is 18.2 Å². The van der Waals surface area contributed by atoms with Gasteiger partial charge in [-0.2, -0.15) is 4.91 Å². The van der Waals surface area contributed by atoms with E-state index in [2.05, 4.69) is 5.18 Å². The third kappa shape index (κ3) is 1.40. The Balaban J connectivity index is 2.64. The predicted octanol–water partition coefficient (Wildman–Crippen LogP) is -0.738. The van der Waals surface area contributed by atoms with Crippen molar-refractivity contribution in [1.29, 1.82) is 0 Å². The largest absolute Gasteiger partial charge is 0.394 e. The second-order valence-corrected chi connectivity index (χ2v) is 2.65. The maximum absolute atomic E-state index is 10.1. The number of ether oxygens (including phenoxy) is 1. The van der Waals surface area contributed by atoms with E-state index in [1.807, 2.05) is 0 Å². The fraction of sp³-hybridized carbons (Fsp3) is 1.00. The molecular weight excluding hydrogens is 150 g/mol. The molecule has 0 bridgehead atoms. The molecule has 0 amide bonds. The van der Waals surface area contributed by atoms with E-state index in [1.165, 1.54) is 0 Å². The summed E-state index contributed by atoms with van der Waals surface area (Å²) < 4.78 is 5.03. The highest BCUT2D eigenvalue weighted by Gasteiger charge is 2.42. The maximum atomic E-state index is 10.1. The first kappa shape index (κ1) is 8.58. The lowest BCUT2D eigenvalue weighted by Gasteiger charge is -2.08. The molecule has 1 aliphatic heterocycles. The summed E-state index contributed by atoms with van der Waals surface area (Å²) in [6, 6.07) is -0.824. The molecule has 5 nitrogen and oxygen atoms in total. The molecule has 0 spiro atoms. The van der Waals surface area contributed by atoms with E-state index in [0.717, 1.165) is 0 Å². The van der Waals surface area contributed by atoms with Crippen LogP contribution in [0.4, 0.5) is 0 Å². The number of aliphatic hydroxyl groups is 2. The van der Waals surface area contributed by atoms with E-state index in [9.17, 15) is 10.0 Å². The summed E-state index contributed by atoms with van der Waals surface area (Å²) in [7, 11) is 0. The van der Waals surface area contributed by atoms with Gasteiger partial charge >= 0.3 is 0 Å². The molecule has 1 heterocycles. The molecule has 0 saturated carbocycles. The zero-order valence-corrected chi connectivity index (χ0v) is 6.17. The zero-order chi connectivity index (χ0) is 8.43. The van der Waals surface area contributed by atoms with E-state index in [1.54, 1.807) is 6.92 Å². The first-order chi connectivity index (χ1) is 5.20. The van der Waals surface area contributed by atoms with Gasteiger partial charge in [-0.3, -0.25) is 0 Å². The molecule has 0 aromatic rings. The molecule has 4 atom stereocenters. The Morgan fingerprint density at radius 3 is 2.64 bits per heavy atom. The first-order valence-electron chi connectivity index (χ1n) is 3.47. The third-order valence-electron chi connectivity index (χ3n) is 1.90. The van der Waals surface area contributed by atoms with Crippen LogP contribution in [0, 0.1) is 4.91 Å². The molecule has 11 heavy (non-hydrogen) atoms. The van der Waals surface area contributed by atoms with Crippen molar-refractivity contribution in [2.75, 3.05) is 6.61 Å². The molecule has 2 N–H and O–H groups in total. The van der Waals surface area contributed by atoms with E-state index in [0.29, 0.717) is 0 Å². The highest BCUT2D eigenvalue weighted by atomic mass is 16.5. The summed E-state index contributed by atoms with van der Waals surface area (Å²) in [5.41, 5.74) is 0. The minimum atomic E-state index is -0.885. The summed E-state index contributed by atoms with van der Waals surface area (Å²) in [4.78, 5) is 10.1. The lowest BCUT2D eigenvalue weighted by atomic mass is 10.1. The average Bonchev–Trinajstić information content (AvgIpc) is 2.28. The van der Waals surface area contributed by atoms with Crippen molar-refractivity contribution in [3.8, 4) is 0 Å². The van der Waals surface area contributed by atoms with Crippen LogP contribution < -0.4 is 0 Å². The Labute approximate surface area is 64.0 Å². The van der Waals surface area contributed by atoms with Gasteiger partial charge in [0.2, 0.25) is 0 Å². The van der Waals surface area contributed by atoms with E-state index in [4.69, 9.17) is 9.84 Å². The number of nitroso groups, excluding NO2 is 1. The Kier molecular flexibility index (Phi) is 2.53. The van der Waals surface area contributed by atoms with Crippen LogP contribution in [-0.2, 0) is 4.74 Å². The second-order valence-electron chi connectivity index (χ2n) is 2.65. The summed E-state index contributed by atoms with van der Waals surface area (Å²) in [6.07, 6.45) is -1.95. The van der Waals surface area contributed by atoms with Gasteiger partial charge < -0.3 is 14.9 Å². The summed E-state index contributed by atoms with van der Waals surface area (Å²) in [6.45, 7) is 1.36. The van der Waals surface area contributed by atoms with Crippen LogP contribution in [0.15, 0.2) is 5.18 Å². The molecule has 1 rings (SSSR count). The van der Waals surface area contributed by atoms with Crippen LogP contribution in [0.1, 0.15) is 6.92 Å². The van der Waals surface area contributed by atoms with Gasteiger partial charge in [-0.25, -0.2) is 0 Å². The van der Waals surface area contributed by atoms with Crippen molar-refractivity contribution < 1.29 is 14.9 Å². The molecule has 0 aromatic carbocycles. The maximum Gasteiger partial charge on any atom is 0.148 e. The van der Waals surface area contributed by atoms with Gasteiger partial charge in [0.15, 0.2) is 0 Å². The van der Waals surface area contributed by atoms with Crippen LogP contribution in [0.2, 0.25) is 0 Å². The molecule has 1 aliphatic rings. The average molecular weight is 161 g/mol. The number of aliphatic hydroxyl groups excluding tert-OH is 2. The lowest BCUT2D eigenvalue weighted by molar-refractivity contribution is -0.000124. The molecule has 0 aromatic heterocycles. The van der Waals surface area contributed by atoms with Gasteiger partial charge in [-0.15, -0.1) is 0 Å². The minimum Gasteiger partial charge on any atom is -0.394 e. The molecule has 4 unspecified atom stereocenters. The molecule has 0 radical (unpaired) electrons. The van der Waals surface area contributed by atoms with Crippen LogP contribution in [0.3, 0.4) is 0 Å². The van der Waals surface area contributed by atoms with Gasteiger partial charge in [0.05, 0.1) is 12.7 Å². The number of hydrogen-bond acceptors (Lipinski definition) is 5. The van der Waals surface area contributed by atoms with Crippen LogP contribution in [-0.4, -0.2) is 41.2 Å². The van der Waals surface area contributed by atoms with Crippen LogP contribution in [0.25, 0.3) is 0 Å². The summed E-state index contributed by atoms with van der Waals surface area (Å²) in [5, 5.41) is 20.6. The topological polar surface area (TPSA) is 79.1 Å². The van der Waals surface area contributed by atoms with E-state index >= 15 is 0 Å². The molecule has 1 fully saturated rings. The monoisotopic (exact) mass is 161 g/mol. The van der Waals surface area contributed by atoms with Gasteiger partial charge in [0.25, 0.3) is 0 Å². The van der Waals surface area contributed by atoms with Crippen LogP contribution >= 0.6 is 0 Å². The fourth-order valence-electron chi connectivity index (χ4n) is 1.22. The van der Waals surface area contributed by atoms with Gasteiger partial charge in [0, 0.05) is 0 Å². The molecule has 1 saturated heterocycles. The zero-order valence-electron chi connectivity index (χ0n) is 6.17. The van der Waals surface area contributed by atoms with Crippen LogP contribution in [0.5, 0.6) is 0 Å². The summed E-state index contributed by atoms with van der Waals surface area (Å²) in [5.74, 6) is 0. The quantitative estimate of drug-likeness (QED) is 0.523. The Bertz CT molecular complexity index is 152. The van der Waals surface area contributed by atoms with Crippen molar-refractivity contribution in [2.45, 2.75) is 31.3 Å². The molecule has 0 aliphatic carbocycles. The minimum absolute atomic E-state index is 0.280. The highest BCUT2D eigenvalue weighted by molar-refractivity contribution is 4.93. The predicted molar refractivity (Wildman–Crippen MR) is 37.0 cm³/mol. The van der Waals surface area contributed by atoms with Crippen molar-refractivity contribution in [1.82, 2.24) is 0 Å². The summed E-state index contributed by atoms with van der Waals surface area (Å²) >= 11 is 0. The normalized spacial score (nSPS) is 44.3. The van der Waals surface area contributed by atoms with Gasteiger partial charge in [-0.05, 0) is 6.92 Å². The highest BCUT2D eigenvalue weighted by Crippen LogP contribution is 2.22. The number of nitrogens with zero attached hydrogens (tertiary/aromatic N) is 1. The number of rotatable bonds is 2. The first-order valence-corrected chi connectivity index (χ1v) is 3.47. The van der Waals surface area contributed by atoms with Crippen molar-refractivity contribution in [3.05, 3.63) is 4.91 Å². The fourth-order valence-corrected chi connectivity index (χ4v) is 1.22. The standard InChI is InChI=1S/C6H11NO4/c1-3-6(9)5(7-10)4(2-8)11-3/h3-6,8-9H,2H2,1H3. The lowest BCUT2D eigenvalue weighted by Crippen LogP contribution is -2.31. The van der Waals surface area contributed by atoms with Crippen molar-refractivity contribution in [2.24, 2.45) is 5.18 Å². The smallest absolute Gasteiger partial charge is 0.148 e. The Hall–Kier alpha value is -0.520. The van der Waals surface area contributed by atoms with Gasteiger partial charge in [-0.1, -0.05) is 5.18 Å². The van der Waals surface area contributed by atoms with E-state index < -0.39 is 24.4 Å². The molecular formula is C6H11NO4. The Morgan fingerprint density at radius 1 is 1.64 bits per heavy atom. The second kappa shape index (κ2) is 3.25. The van der Waals surface area contributed by atoms with Crippen molar-refractivity contribution in [3.63, 3.8) is 0 Å². The third-order valence-corrected chi connectivity index (χ3v) is 1.90.